The third-order valence-electron chi connectivity index (χ3n) is 4.18. The predicted molar refractivity (Wildman–Crippen MR) is 122 cm³/mol. The van der Waals surface area contributed by atoms with Crippen LogP contribution in [0.5, 0.6) is 5.75 Å². The molecule has 0 radical (unpaired) electrons. The van der Waals surface area contributed by atoms with Crippen molar-refractivity contribution in [3.8, 4) is 5.75 Å². The average Bonchev–Trinajstić information content (AvgIpc) is 2.69. The van der Waals surface area contributed by atoms with Gasteiger partial charge in [-0.1, -0.05) is 43.7 Å². The number of benzene rings is 3. The Balaban J connectivity index is 1.61. The van der Waals surface area contributed by atoms with Gasteiger partial charge in [0, 0.05) is 11.3 Å². The van der Waals surface area contributed by atoms with Gasteiger partial charge < -0.3 is 10.1 Å². The Morgan fingerprint density at radius 1 is 1.07 bits per heavy atom. The van der Waals surface area contributed by atoms with E-state index in [1.165, 1.54) is 0 Å². The van der Waals surface area contributed by atoms with E-state index >= 15 is 0 Å². The van der Waals surface area contributed by atoms with Crippen molar-refractivity contribution in [1.29, 1.82) is 0 Å². The summed E-state index contributed by atoms with van der Waals surface area (Å²) in [5.74, 6) is 0.445. The fraction of sp³-hybridized carbons (Fsp3) is 0.182. The molecule has 4 nitrogen and oxygen atoms in total. The normalized spacial score (nSPS) is 10.5. The van der Waals surface area contributed by atoms with E-state index in [4.69, 9.17) is 17.0 Å². The van der Waals surface area contributed by atoms with Crippen LogP contribution >= 0.6 is 28.1 Å². The molecular weight excluding hydrogens is 436 g/mol. The van der Waals surface area contributed by atoms with Gasteiger partial charge in [0.25, 0.3) is 5.91 Å². The van der Waals surface area contributed by atoms with Gasteiger partial charge in [-0.05, 0) is 75.7 Å². The second-order valence-corrected chi connectivity index (χ2v) is 7.58. The second-order valence-electron chi connectivity index (χ2n) is 6.32. The summed E-state index contributed by atoms with van der Waals surface area (Å²) in [6.07, 6.45) is 2.06. The van der Waals surface area contributed by atoms with Gasteiger partial charge in [0.1, 0.15) is 5.75 Å². The van der Waals surface area contributed by atoms with Crippen LogP contribution in [0, 0.1) is 0 Å². The van der Waals surface area contributed by atoms with Crippen molar-refractivity contribution in [2.24, 2.45) is 0 Å². The average molecular weight is 457 g/mol. The lowest BCUT2D eigenvalue weighted by atomic mass is 10.1. The number of anilines is 1. The lowest BCUT2D eigenvalue weighted by Crippen LogP contribution is -2.34. The molecule has 0 saturated carbocycles. The molecule has 0 fully saturated rings. The SMILES string of the molecule is CCCCOc1ccc(C(=O)NC(=S)Nc2ccc3ccccc3c2)cc1Br. The quantitative estimate of drug-likeness (QED) is 0.357. The monoisotopic (exact) mass is 456 g/mol. The zero-order chi connectivity index (χ0) is 19.9. The fourth-order valence-corrected chi connectivity index (χ4v) is 3.39. The number of nitrogens with one attached hydrogen (secondary N) is 2. The summed E-state index contributed by atoms with van der Waals surface area (Å²) in [4.78, 5) is 12.5. The summed E-state index contributed by atoms with van der Waals surface area (Å²) in [6, 6.07) is 19.2. The standard InChI is InChI=1S/C22H21BrN2O2S/c1-2-3-12-27-20-11-9-17(14-19(20)23)21(26)25-22(28)24-18-10-8-15-6-4-5-7-16(15)13-18/h4-11,13-14H,2-3,12H2,1H3,(H2,24,25,26,28). The molecule has 0 heterocycles. The van der Waals surface area contributed by atoms with Gasteiger partial charge in [0.15, 0.2) is 5.11 Å². The first kappa shape index (κ1) is 20.3. The Kier molecular flexibility index (Phi) is 7.01. The van der Waals surface area contributed by atoms with E-state index in [0.29, 0.717) is 12.2 Å². The highest BCUT2D eigenvalue weighted by Crippen LogP contribution is 2.26. The molecule has 3 aromatic carbocycles. The largest absolute Gasteiger partial charge is 0.492 e. The predicted octanol–water partition coefficient (Wildman–Crippen LogP) is 5.91. The summed E-state index contributed by atoms with van der Waals surface area (Å²) in [5, 5.41) is 8.27. The molecule has 0 bridgehead atoms. The zero-order valence-electron chi connectivity index (χ0n) is 15.5. The Morgan fingerprint density at radius 3 is 2.61 bits per heavy atom. The van der Waals surface area contributed by atoms with E-state index in [0.717, 1.165) is 39.5 Å². The van der Waals surface area contributed by atoms with Gasteiger partial charge in [-0.3, -0.25) is 10.1 Å². The number of carbonyl (C=O) groups excluding carboxylic acids is 1. The number of ether oxygens (including phenoxy) is 1. The minimum atomic E-state index is -0.279. The maximum Gasteiger partial charge on any atom is 0.257 e. The first-order chi connectivity index (χ1) is 13.6. The minimum Gasteiger partial charge on any atom is -0.492 e. The van der Waals surface area contributed by atoms with E-state index in [2.05, 4.69) is 33.5 Å². The number of fused-ring (bicyclic) bond motifs is 1. The van der Waals surface area contributed by atoms with Crippen LogP contribution in [0.15, 0.2) is 65.1 Å². The Morgan fingerprint density at radius 2 is 1.86 bits per heavy atom. The van der Waals surface area contributed by atoms with Crippen molar-refractivity contribution in [3.63, 3.8) is 0 Å². The van der Waals surface area contributed by atoms with Crippen LogP contribution in [0.4, 0.5) is 5.69 Å². The summed E-state index contributed by atoms with van der Waals surface area (Å²) < 4.78 is 6.43. The van der Waals surface area contributed by atoms with Crippen LogP contribution in [0.3, 0.4) is 0 Å². The van der Waals surface area contributed by atoms with Gasteiger partial charge in [-0.2, -0.15) is 0 Å². The van der Waals surface area contributed by atoms with Gasteiger partial charge >= 0.3 is 0 Å². The number of thiocarbonyl (C=S) groups is 1. The number of amides is 1. The number of halogens is 1. The zero-order valence-corrected chi connectivity index (χ0v) is 17.9. The van der Waals surface area contributed by atoms with Crippen molar-refractivity contribution in [3.05, 3.63) is 70.7 Å². The molecule has 3 rings (SSSR count). The molecular formula is C22H21BrN2O2S. The first-order valence-corrected chi connectivity index (χ1v) is 10.3. The van der Waals surface area contributed by atoms with Crippen LogP contribution in [0.25, 0.3) is 10.8 Å². The topological polar surface area (TPSA) is 50.4 Å². The molecule has 0 aliphatic heterocycles. The molecule has 2 N–H and O–H groups in total. The number of carbonyl (C=O) groups is 1. The van der Waals surface area contributed by atoms with Crippen molar-refractivity contribution in [2.45, 2.75) is 19.8 Å². The molecule has 0 atom stereocenters. The summed E-state index contributed by atoms with van der Waals surface area (Å²) in [5.41, 5.74) is 1.32. The molecule has 6 heteroatoms. The van der Waals surface area contributed by atoms with Crippen molar-refractivity contribution in [1.82, 2.24) is 5.32 Å². The molecule has 0 aliphatic carbocycles. The third kappa shape index (κ3) is 5.30. The van der Waals surface area contributed by atoms with E-state index in [1.54, 1.807) is 18.2 Å². The van der Waals surface area contributed by atoms with Crippen molar-refractivity contribution in [2.75, 3.05) is 11.9 Å². The van der Waals surface area contributed by atoms with Crippen molar-refractivity contribution < 1.29 is 9.53 Å². The Hall–Kier alpha value is -2.44. The third-order valence-corrected chi connectivity index (χ3v) is 5.01. The van der Waals surface area contributed by atoms with Gasteiger partial charge in [0.2, 0.25) is 0 Å². The molecule has 0 aliphatic rings. The van der Waals surface area contributed by atoms with Gasteiger partial charge in [-0.25, -0.2) is 0 Å². The Labute approximate surface area is 178 Å². The van der Waals surface area contributed by atoms with Crippen molar-refractivity contribution >= 4 is 55.6 Å². The summed E-state index contributed by atoms with van der Waals surface area (Å²) >= 11 is 8.74. The molecule has 0 spiro atoms. The smallest absolute Gasteiger partial charge is 0.257 e. The highest BCUT2D eigenvalue weighted by atomic mass is 79.9. The summed E-state index contributed by atoms with van der Waals surface area (Å²) in [7, 11) is 0. The minimum absolute atomic E-state index is 0.250. The number of hydrogen-bond acceptors (Lipinski definition) is 3. The lowest BCUT2D eigenvalue weighted by molar-refractivity contribution is 0.0977. The highest BCUT2D eigenvalue weighted by molar-refractivity contribution is 9.10. The molecule has 1 amide bonds. The number of unbranched alkanes of at least 4 members (excludes halogenated alkanes) is 1. The van der Waals surface area contributed by atoms with Crippen LogP contribution < -0.4 is 15.4 Å². The molecule has 3 aromatic rings. The first-order valence-electron chi connectivity index (χ1n) is 9.10. The number of rotatable bonds is 6. The highest BCUT2D eigenvalue weighted by Gasteiger charge is 2.11. The second kappa shape index (κ2) is 9.66. The van der Waals surface area contributed by atoms with Crippen LogP contribution in [0.2, 0.25) is 0 Å². The van der Waals surface area contributed by atoms with Gasteiger partial charge in [0.05, 0.1) is 11.1 Å². The molecule has 144 valence electrons. The van der Waals surface area contributed by atoms with E-state index in [1.807, 2.05) is 42.5 Å². The molecule has 28 heavy (non-hydrogen) atoms. The fourth-order valence-electron chi connectivity index (χ4n) is 2.69. The lowest BCUT2D eigenvalue weighted by Gasteiger charge is -2.12. The number of hydrogen-bond donors (Lipinski definition) is 2. The van der Waals surface area contributed by atoms with E-state index in [-0.39, 0.29) is 11.0 Å². The van der Waals surface area contributed by atoms with Crippen LogP contribution in [-0.2, 0) is 0 Å². The Bertz CT molecular complexity index is 1010. The maximum atomic E-state index is 12.5. The van der Waals surface area contributed by atoms with E-state index in [9.17, 15) is 4.79 Å². The van der Waals surface area contributed by atoms with Gasteiger partial charge in [-0.15, -0.1) is 0 Å². The van der Waals surface area contributed by atoms with Crippen LogP contribution in [-0.4, -0.2) is 17.6 Å². The molecule has 0 saturated heterocycles. The van der Waals surface area contributed by atoms with Crippen LogP contribution in [0.1, 0.15) is 30.1 Å². The maximum absolute atomic E-state index is 12.5. The van der Waals surface area contributed by atoms with E-state index < -0.39 is 0 Å². The molecule has 0 aromatic heterocycles. The molecule has 0 unspecified atom stereocenters. The summed E-state index contributed by atoms with van der Waals surface area (Å²) in [6.45, 7) is 2.76.